The summed E-state index contributed by atoms with van der Waals surface area (Å²) in [5.41, 5.74) is -0.273. The van der Waals surface area contributed by atoms with Gasteiger partial charge >= 0.3 is 6.03 Å². The Hall–Kier alpha value is -0.820. The van der Waals surface area contributed by atoms with Crippen LogP contribution in [0.4, 0.5) is 4.79 Å². The maximum absolute atomic E-state index is 11.8. The molecule has 0 spiro atoms. The highest BCUT2D eigenvalue weighted by Crippen LogP contribution is 2.07. The average molecular weight is 263 g/mol. The number of hydrogen-bond donors (Lipinski definition) is 1. The Balaban J connectivity index is 2.50. The van der Waals surface area contributed by atoms with Crippen molar-refractivity contribution in [3.05, 3.63) is 0 Å². The Morgan fingerprint density at radius 1 is 1.12 bits per heavy atom. The van der Waals surface area contributed by atoms with Crippen molar-refractivity contribution in [2.24, 2.45) is 0 Å². The largest absolute Gasteiger partial charge is 0.333 e. The molecule has 7 heteroatoms. The molecular weight excluding hydrogens is 242 g/mol. The summed E-state index contributed by atoms with van der Waals surface area (Å²) in [5.74, 6) is 0. The number of rotatable bonds is 1. The molecule has 0 bridgehead atoms. The Kier molecular flexibility index (Phi) is 4.03. The molecule has 1 saturated heterocycles. The van der Waals surface area contributed by atoms with E-state index in [2.05, 4.69) is 5.32 Å². The van der Waals surface area contributed by atoms with E-state index in [1.54, 1.807) is 4.90 Å². The standard InChI is InChI=1S/C10H21N3O3S/c1-10(2,3)11-9(14)12-5-7-13(8-6-12)17(4,15)16/h5-8H2,1-4H3,(H,11,14). The van der Waals surface area contributed by atoms with Crippen LogP contribution >= 0.6 is 0 Å². The van der Waals surface area contributed by atoms with E-state index in [-0.39, 0.29) is 11.6 Å². The van der Waals surface area contributed by atoms with Crippen molar-refractivity contribution >= 4 is 16.1 Å². The highest BCUT2D eigenvalue weighted by atomic mass is 32.2. The first-order valence-corrected chi connectivity index (χ1v) is 7.47. The second kappa shape index (κ2) is 4.81. The summed E-state index contributed by atoms with van der Waals surface area (Å²) in [7, 11) is -3.14. The van der Waals surface area contributed by atoms with Crippen LogP contribution in [0.25, 0.3) is 0 Å². The van der Waals surface area contributed by atoms with Crippen LogP contribution in [0.2, 0.25) is 0 Å². The van der Waals surface area contributed by atoms with Gasteiger partial charge in [-0.25, -0.2) is 13.2 Å². The van der Waals surface area contributed by atoms with Crippen molar-refractivity contribution in [2.75, 3.05) is 32.4 Å². The minimum Gasteiger partial charge on any atom is -0.333 e. The SMILES string of the molecule is CC(C)(C)NC(=O)N1CCN(S(C)(=O)=O)CC1. The van der Waals surface area contributed by atoms with Crippen molar-refractivity contribution in [3.63, 3.8) is 0 Å². The van der Waals surface area contributed by atoms with E-state index in [1.807, 2.05) is 20.8 Å². The van der Waals surface area contributed by atoms with Gasteiger partial charge in [0.2, 0.25) is 10.0 Å². The molecule has 0 saturated carbocycles. The summed E-state index contributed by atoms with van der Waals surface area (Å²) in [6, 6.07) is -0.134. The Morgan fingerprint density at radius 2 is 1.59 bits per heavy atom. The van der Waals surface area contributed by atoms with E-state index >= 15 is 0 Å². The van der Waals surface area contributed by atoms with Crippen molar-refractivity contribution < 1.29 is 13.2 Å². The van der Waals surface area contributed by atoms with E-state index in [0.717, 1.165) is 0 Å². The van der Waals surface area contributed by atoms with Crippen LogP contribution in [0.3, 0.4) is 0 Å². The third-order valence-corrected chi connectivity index (χ3v) is 3.78. The molecule has 0 atom stereocenters. The van der Waals surface area contributed by atoms with Gasteiger partial charge in [0.1, 0.15) is 0 Å². The van der Waals surface area contributed by atoms with Gasteiger partial charge in [0.05, 0.1) is 6.26 Å². The lowest BCUT2D eigenvalue weighted by Crippen LogP contribution is -2.55. The number of hydrogen-bond acceptors (Lipinski definition) is 3. The molecule has 1 aliphatic rings. The fraction of sp³-hybridized carbons (Fsp3) is 0.900. The lowest BCUT2D eigenvalue weighted by Gasteiger charge is -2.35. The monoisotopic (exact) mass is 263 g/mol. The Bertz CT molecular complexity index is 378. The van der Waals surface area contributed by atoms with Crippen molar-refractivity contribution in [2.45, 2.75) is 26.3 Å². The molecule has 100 valence electrons. The number of piperazine rings is 1. The van der Waals surface area contributed by atoms with Gasteiger partial charge in [-0.05, 0) is 20.8 Å². The van der Waals surface area contributed by atoms with E-state index in [0.29, 0.717) is 26.2 Å². The minimum absolute atomic E-state index is 0.134. The van der Waals surface area contributed by atoms with Gasteiger partial charge in [0.15, 0.2) is 0 Å². The molecule has 0 aromatic carbocycles. The predicted molar refractivity (Wildman–Crippen MR) is 66.3 cm³/mol. The molecule has 0 aromatic heterocycles. The fourth-order valence-electron chi connectivity index (χ4n) is 1.62. The second-order valence-electron chi connectivity index (χ2n) is 5.33. The van der Waals surface area contributed by atoms with Gasteiger partial charge < -0.3 is 10.2 Å². The number of amides is 2. The van der Waals surface area contributed by atoms with E-state index in [9.17, 15) is 13.2 Å². The highest BCUT2D eigenvalue weighted by molar-refractivity contribution is 7.88. The van der Waals surface area contributed by atoms with Gasteiger partial charge in [-0.15, -0.1) is 0 Å². The number of urea groups is 1. The summed E-state index contributed by atoms with van der Waals surface area (Å²) in [5, 5.41) is 2.86. The number of carbonyl (C=O) groups excluding carboxylic acids is 1. The molecule has 6 nitrogen and oxygen atoms in total. The second-order valence-corrected chi connectivity index (χ2v) is 7.31. The molecule has 1 N–H and O–H groups in total. The summed E-state index contributed by atoms with van der Waals surface area (Å²) < 4.78 is 24.0. The fourth-order valence-corrected chi connectivity index (χ4v) is 2.45. The first-order valence-electron chi connectivity index (χ1n) is 5.62. The zero-order chi connectivity index (χ0) is 13.3. The molecule has 1 heterocycles. The number of nitrogens with one attached hydrogen (secondary N) is 1. The molecule has 1 fully saturated rings. The summed E-state index contributed by atoms with van der Waals surface area (Å²) >= 11 is 0. The number of carbonyl (C=O) groups is 1. The van der Waals surface area contributed by atoms with Crippen molar-refractivity contribution in [3.8, 4) is 0 Å². The van der Waals surface area contributed by atoms with E-state index in [4.69, 9.17) is 0 Å². The number of sulfonamides is 1. The number of nitrogens with zero attached hydrogens (tertiary/aromatic N) is 2. The summed E-state index contributed by atoms with van der Waals surface area (Å²) in [6.07, 6.45) is 1.19. The van der Waals surface area contributed by atoms with E-state index in [1.165, 1.54) is 10.6 Å². The van der Waals surface area contributed by atoms with E-state index < -0.39 is 10.0 Å². The first-order chi connectivity index (χ1) is 7.59. The predicted octanol–water partition coefficient (Wildman–Crippen LogP) is 0.0717. The third kappa shape index (κ3) is 4.51. The maximum atomic E-state index is 11.8. The van der Waals surface area contributed by atoms with Gasteiger partial charge in [0.25, 0.3) is 0 Å². The Morgan fingerprint density at radius 3 is 1.94 bits per heavy atom. The zero-order valence-corrected chi connectivity index (χ0v) is 11.7. The van der Waals surface area contributed by atoms with Gasteiger partial charge in [-0.3, -0.25) is 0 Å². The molecule has 0 radical (unpaired) electrons. The van der Waals surface area contributed by atoms with Crippen LogP contribution in [0.15, 0.2) is 0 Å². The van der Waals surface area contributed by atoms with Gasteiger partial charge in [-0.1, -0.05) is 0 Å². The topological polar surface area (TPSA) is 69.7 Å². The minimum atomic E-state index is -3.14. The third-order valence-electron chi connectivity index (χ3n) is 2.48. The van der Waals surface area contributed by atoms with Crippen LogP contribution in [0, 0.1) is 0 Å². The zero-order valence-electron chi connectivity index (χ0n) is 10.9. The van der Waals surface area contributed by atoms with Gasteiger partial charge in [0, 0.05) is 31.7 Å². The lowest BCUT2D eigenvalue weighted by atomic mass is 10.1. The van der Waals surface area contributed by atoms with Crippen molar-refractivity contribution in [1.29, 1.82) is 0 Å². The van der Waals surface area contributed by atoms with Crippen LogP contribution in [-0.2, 0) is 10.0 Å². The van der Waals surface area contributed by atoms with Crippen LogP contribution in [0.5, 0.6) is 0 Å². The molecule has 2 amide bonds. The van der Waals surface area contributed by atoms with Crippen LogP contribution in [0.1, 0.15) is 20.8 Å². The molecule has 1 aliphatic heterocycles. The quantitative estimate of drug-likeness (QED) is 0.728. The summed E-state index contributed by atoms with van der Waals surface area (Å²) in [4.78, 5) is 13.5. The molecule has 1 rings (SSSR count). The molecule has 0 aromatic rings. The molecular formula is C10H21N3O3S. The molecule has 17 heavy (non-hydrogen) atoms. The highest BCUT2D eigenvalue weighted by Gasteiger charge is 2.27. The first kappa shape index (κ1) is 14.2. The molecule has 0 aliphatic carbocycles. The average Bonchev–Trinajstić information content (AvgIpc) is 2.14. The smallest absolute Gasteiger partial charge is 0.317 e. The summed E-state index contributed by atoms with van der Waals surface area (Å²) in [6.45, 7) is 7.36. The normalized spacial score (nSPS) is 19.2. The van der Waals surface area contributed by atoms with Crippen LogP contribution in [-0.4, -0.2) is 61.6 Å². The lowest BCUT2D eigenvalue weighted by molar-refractivity contribution is 0.165. The Labute approximate surface area is 103 Å². The van der Waals surface area contributed by atoms with Crippen molar-refractivity contribution in [1.82, 2.24) is 14.5 Å². The van der Waals surface area contributed by atoms with Gasteiger partial charge in [-0.2, -0.15) is 4.31 Å². The maximum Gasteiger partial charge on any atom is 0.317 e. The van der Waals surface area contributed by atoms with Crippen LogP contribution < -0.4 is 5.32 Å². The molecule has 0 unspecified atom stereocenters.